The van der Waals surface area contributed by atoms with E-state index in [1.807, 2.05) is 49.6 Å². The fourth-order valence-electron chi connectivity index (χ4n) is 2.87. The molecule has 0 aliphatic carbocycles. The summed E-state index contributed by atoms with van der Waals surface area (Å²) in [5.74, 6) is 0.603. The van der Waals surface area contributed by atoms with Crippen molar-refractivity contribution in [3.05, 3.63) is 65.5 Å². The maximum Gasteiger partial charge on any atom is 0.269 e. The maximum atomic E-state index is 13.3. The lowest BCUT2D eigenvalue weighted by molar-refractivity contribution is 0.432. The van der Waals surface area contributed by atoms with Crippen LogP contribution < -0.4 is 4.31 Å². The zero-order valence-corrected chi connectivity index (χ0v) is 19.0. The molecule has 0 radical (unpaired) electrons. The van der Waals surface area contributed by atoms with Crippen LogP contribution in [0.25, 0.3) is 22.2 Å². The summed E-state index contributed by atoms with van der Waals surface area (Å²) >= 11 is 2.90. The highest BCUT2D eigenvalue weighted by Gasteiger charge is 2.28. The van der Waals surface area contributed by atoms with Crippen molar-refractivity contribution in [1.82, 2.24) is 10.1 Å². The third-order valence-electron chi connectivity index (χ3n) is 4.63. The third-order valence-corrected chi connectivity index (χ3v) is 8.24. The molecular formula is C21H19N3O3S3. The van der Waals surface area contributed by atoms with Crippen LogP contribution in [0.15, 0.2) is 74.3 Å². The van der Waals surface area contributed by atoms with Gasteiger partial charge in [-0.2, -0.15) is 4.98 Å². The number of sulfonamides is 1. The molecule has 30 heavy (non-hydrogen) atoms. The molecule has 4 rings (SSSR count). The second kappa shape index (κ2) is 8.25. The van der Waals surface area contributed by atoms with Gasteiger partial charge in [-0.15, -0.1) is 23.1 Å². The average Bonchev–Trinajstić information content (AvgIpc) is 3.43. The average molecular weight is 458 g/mol. The summed E-state index contributed by atoms with van der Waals surface area (Å²) in [5.41, 5.74) is 2.45. The predicted molar refractivity (Wildman–Crippen MR) is 122 cm³/mol. The largest absolute Gasteiger partial charge is 0.333 e. The van der Waals surface area contributed by atoms with Crippen LogP contribution in [0.3, 0.4) is 0 Å². The highest BCUT2D eigenvalue weighted by Crippen LogP contribution is 2.35. The van der Waals surface area contributed by atoms with Gasteiger partial charge in [0.05, 0.1) is 5.69 Å². The van der Waals surface area contributed by atoms with Crippen molar-refractivity contribution < 1.29 is 12.9 Å². The van der Waals surface area contributed by atoms with Crippen LogP contribution in [-0.4, -0.2) is 31.9 Å². The summed E-state index contributed by atoms with van der Waals surface area (Å²) in [4.78, 5) is 6.14. The summed E-state index contributed by atoms with van der Waals surface area (Å²) in [6.07, 6.45) is 2.01. The molecule has 2 aromatic heterocycles. The molecule has 0 saturated heterocycles. The van der Waals surface area contributed by atoms with Gasteiger partial charge in [0.2, 0.25) is 5.82 Å². The standard InChI is InChI=1S/C21H19N3O3S3/c1-14-4-8-16(9-5-14)24(2)30(25,26)18-12-13-29-19(18)21-22-20(23-27-21)15-6-10-17(28-3)11-7-15/h4-13H,1-3H3. The number of aromatic nitrogens is 2. The third kappa shape index (κ3) is 3.88. The fraction of sp³-hybridized carbons (Fsp3) is 0.143. The van der Waals surface area contributed by atoms with Crippen LogP contribution >= 0.6 is 23.1 Å². The highest BCUT2D eigenvalue weighted by molar-refractivity contribution is 7.98. The van der Waals surface area contributed by atoms with Crippen molar-refractivity contribution in [2.45, 2.75) is 16.7 Å². The first kappa shape index (κ1) is 20.6. The Labute approximate surface area is 183 Å². The molecule has 0 aliphatic heterocycles. The molecule has 2 heterocycles. The number of nitrogens with zero attached hydrogens (tertiary/aromatic N) is 3. The van der Waals surface area contributed by atoms with E-state index in [9.17, 15) is 8.42 Å². The molecule has 0 N–H and O–H groups in total. The second-order valence-corrected chi connectivity index (χ2v) is 10.3. The molecule has 0 fully saturated rings. The summed E-state index contributed by atoms with van der Waals surface area (Å²) in [5, 5.41) is 5.75. The van der Waals surface area contributed by atoms with Crippen molar-refractivity contribution in [1.29, 1.82) is 0 Å². The molecule has 0 atom stereocenters. The van der Waals surface area contributed by atoms with Gasteiger partial charge in [-0.1, -0.05) is 22.9 Å². The number of aryl methyl sites for hydroxylation is 1. The zero-order valence-electron chi connectivity index (χ0n) is 16.6. The van der Waals surface area contributed by atoms with E-state index in [1.165, 1.54) is 22.7 Å². The number of thioether (sulfide) groups is 1. The smallest absolute Gasteiger partial charge is 0.269 e. The Bertz CT molecular complexity index is 1260. The van der Waals surface area contributed by atoms with Crippen molar-refractivity contribution in [3.8, 4) is 22.2 Å². The summed E-state index contributed by atoms with van der Waals surface area (Å²) in [7, 11) is -2.26. The number of thiophene rings is 1. The van der Waals surface area contributed by atoms with E-state index in [1.54, 1.807) is 35.3 Å². The Morgan fingerprint density at radius 3 is 2.40 bits per heavy atom. The Kier molecular flexibility index (Phi) is 5.68. The van der Waals surface area contributed by atoms with Crippen LogP contribution in [0.1, 0.15) is 5.56 Å². The summed E-state index contributed by atoms with van der Waals surface area (Å²) in [6.45, 7) is 1.96. The minimum Gasteiger partial charge on any atom is -0.333 e. The van der Waals surface area contributed by atoms with Gasteiger partial charge in [0.25, 0.3) is 15.9 Å². The van der Waals surface area contributed by atoms with Crippen molar-refractivity contribution in [2.75, 3.05) is 17.6 Å². The van der Waals surface area contributed by atoms with Gasteiger partial charge < -0.3 is 4.52 Å². The van der Waals surface area contributed by atoms with Gasteiger partial charge in [-0.05, 0) is 61.0 Å². The van der Waals surface area contributed by atoms with Crippen LogP contribution in [-0.2, 0) is 10.0 Å². The number of anilines is 1. The van der Waals surface area contributed by atoms with E-state index in [0.29, 0.717) is 16.4 Å². The lowest BCUT2D eigenvalue weighted by Gasteiger charge is -2.19. The van der Waals surface area contributed by atoms with Crippen molar-refractivity contribution in [3.63, 3.8) is 0 Å². The number of hydrogen-bond acceptors (Lipinski definition) is 7. The van der Waals surface area contributed by atoms with Gasteiger partial charge in [-0.3, -0.25) is 4.31 Å². The number of benzene rings is 2. The first-order valence-corrected chi connectivity index (χ1v) is 12.6. The molecule has 4 aromatic rings. The lowest BCUT2D eigenvalue weighted by Crippen LogP contribution is -2.26. The minimum atomic E-state index is -3.79. The summed E-state index contributed by atoms with van der Waals surface area (Å²) in [6, 6.07) is 16.7. The number of rotatable bonds is 6. The van der Waals surface area contributed by atoms with E-state index in [-0.39, 0.29) is 10.8 Å². The van der Waals surface area contributed by atoms with Gasteiger partial charge in [-0.25, -0.2) is 8.42 Å². The van der Waals surface area contributed by atoms with E-state index in [2.05, 4.69) is 10.1 Å². The molecule has 0 amide bonds. The topological polar surface area (TPSA) is 76.3 Å². The Balaban J connectivity index is 1.67. The molecular weight excluding hydrogens is 438 g/mol. The van der Waals surface area contributed by atoms with E-state index < -0.39 is 10.0 Å². The summed E-state index contributed by atoms with van der Waals surface area (Å²) < 4.78 is 33.2. The van der Waals surface area contributed by atoms with Crippen LogP contribution in [0.4, 0.5) is 5.69 Å². The SMILES string of the molecule is CSc1ccc(-c2noc(-c3sccc3S(=O)(=O)N(C)c3ccc(C)cc3)n2)cc1. The minimum absolute atomic E-state index is 0.142. The van der Waals surface area contributed by atoms with Crippen LogP contribution in [0, 0.1) is 6.92 Å². The highest BCUT2D eigenvalue weighted by atomic mass is 32.2. The molecule has 154 valence electrons. The number of hydrogen-bond donors (Lipinski definition) is 0. The van der Waals surface area contributed by atoms with Gasteiger partial charge >= 0.3 is 0 Å². The van der Waals surface area contributed by atoms with Gasteiger partial charge in [0.15, 0.2) is 0 Å². The molecule has 6 nitrogen and oxygen atoms in total. The van der Waals surface area contributed by atoms with Crippen LogP contribution in [0.5, 0.6) is 0 Å². The Morgan fingerprint density at radius 2 is 1.73 bits per heavy atom. The monoisotopic (exact) mass is 457 g/mol. The van der Waals surface area contributed by atoms with Crippen molar-refractivity contribution in [2.24, 2.45) is 0 Å². The molecule has 0 saturated carbocycles. The first-order valence-electron chi connectivity index (χ1n) is 9.02. The lowest BCUT2D eigenvalue weighted by atomic mass is 10.2. The molecule has 0 aliphatic rings. The van der Waals surface area contributed by atoms with E-state index in [4.69, 9.17) is 4.52 Å². The molecule has 9 heteroatoms. The maximum absolute atomic E-state index is 13.3. The van der Waals surface area contributed by atoms with E-state index >= 15 is 0 Å². The first-order chi connectivity index (χ1) is 14.4. The zero-order chi connectivity index (χ0) is 21.3. The normalized spacial score (nSPS) is 11.6. The molecule has 0 bridgehead atoms. The molecule has 2 aromatic carbocycles. The van der Waals surface area contributed by atoms with E-state index in [0.717, 1.165) is 16.0 Å². The van der Waals surface area contributed by atoms with Crippen LogP contribution in [0.2, 0.25) is 0 Å². The second-order valence-electron chi connectivity index (χ2n) is 6.57. The van der Waals surface area contributed by atoms with Crippen molar-refractivity contribution >= 4 is 38.8 Å². The molecule has 0 spiro atoms. The van der Waals surface area contributed by atoms with Gasteiger partial charge in [0.1, 0.15) is 9.77 Å². The Morgan fingerprint density at radius 1 is 1.03 bits per heavy atom. The fourth-order valence-corrected chi connectivity index (χ4v) is 5.79. The quantitative estimate of drug-likeness (QED) is 0.365. The Hall–Kier alpha value is -2.62. The predicted octanol–water partition coefficient (Wildman–Crippen LogP) is 5.32. The molecule has 0 unspecified atom stereocenters. The van der Waals surface area contributed by atoms with Gasteiger partial charge in [0, 0.05) is 17.5 Å².